The summed E-state index contributed by atoms with van der Waals surface area (Å²) in [5.74, 6) is 1.79. The second-order valence-corrected chi connectivity index (χ2v) is 9.39. The Morgan fingerprint density at radius 2 is 1.68 bits per heavy atom. The Bertz CT molecular complexity index is 1400. The highest BCUT2D eigenvalue weighted by atomic mass is 32.2. The number of rotatable bonds is 7. The molecule has 1 aliphatic rings. The Morgan fingerprint density at radius 3 is 2.41 bits per heavy atom. The van der Waals surface area contributed by atoms with Crippen LogP contribution in [0.1, 0.15) is 5.56 Å². The van der Waals surface area contributed by atoms with Gasteiger partial charge in [-0.25, -0.2) is 8.42 Å². The number of nitrogens with zero attached hydrogens (tertiary/aromatic N) is 1. The molecule has 0 radical (unpaired) electrons. The van der Waals surface area contributed by atoms with E-state index in [2.05, 4.69) is 10.3 Å². The van der Waals surface area contributed by atoms with Gasteiger partial charge in [-0.2, -0.15) is 4.98 Å². The fraction of sp³-hybridized carbons (Fsp3) is 0.160. The van der Waals surface area contributed by atoms with Crippen LogP contribution in [-0.4, -0.2) is 33.7 Å². The second kappa shape index (κ2) is 9.11. The molecule has 2 heterocycles. The fourth-order valence-corrected chi connectivity index (χ4v) is 4.83. The quantitative estimate of drug-likeness (QED) is 0.412. The van der Waals surface area contributed by atoms with Gasteiger partial charge < -0.3 is 23.9 Å². The average molecular weight is 479 g/mol. The molecule has 5 rings (SSSR count). The molecule has 1 aromatic heterocycles. The normalized spacial score (nSPS) is 12.9. The van der Waals surface area contributed by atoms with Gasteiger partial charge in [-0.15, -0.1) is 0 Å². The van der Waals surface area contributed by atoms with Crippen LogP contribution in [0.2, 0.25) is 0 Å². The summed E-state index contributed by atoms with van der Waals surface area (Å²) in [5.41, 5.74) is 1.58. The maximum Gasteiger partial charge on any atom is 0.234 e. The van der Waals surface area contributed by atoms with Crippen LogP contribution in [0.25, 0.3) is 11.5 Å². The van der Waals surface area contributed by atoms with E-state index in [9.17, 15) is 8.42 Å². The summed E-state index contributed by atoms with van der Waals surface area (Å²) in [6.45, 7) is 1.13. The minimum absolute atomic E-state index is 0.0362. The van der Waals surface area contributed by atoms with Gasteiger partial charge in [0, 0.05) is 18.2 Å². The summed E-state index contributed by atoms with van der Waals surface area (Å²) >= 11 is 0. The van der Waals surface area contributed by atoms with E-state index in [0.29, 0.717) is 42.6 Å². The molecule has 1 N–H and O–H groups in total. The topological polar surface area (TPSA) is 99.9 Å². The number of oxazole rings is 1. The molecule has 0 saturated heterocycles. The van der Waals surface area contributed by atoms with E-state index in [1.54, 1.807) is 37.4 Å². The molecular weight excluding hydrogens is 456 g/mol. The van der Waals surface area contributed by atoms with Crippen molar-refractivity contribution < 1.29 is 27.0 Å². The van der Waals surface area contributed by atoms with E-state index < -0.39 is 9.84 Å². The van der Waals surface area contributed by atoms with Gasteiger partial charge in [0.05, 0.1) is 12.0 Å². The Morgan fingerprint density at radius 1 is 0.941 bits per heavy atom. The number of nitrogens with one attached hydrogen (secondary N) is 1. The molecule has 8 nitrogen and oxygen atoms in total. The summed E-state index contributed by atoms with van der Waals surface area (Å²) in [6, 6.07) is 21.1. The van der Waals surface area contributed by atoms with Crippen LogP contribution in [0.4, 0.5) is 5.88 Å². The first kappa shape index (κ1) is 21.8. The third kappa shape index (κ3) is 4.29. The van der Waals surface area contributed by atoms with Crippen LogP contribution in [-0.2, 0) is 16.4 Å². The number of hydrogen-bond donors (Lipinski definition) is 1. The molecule has 1 aliphatic heterocycles. The fourth-order valence-electron chi connectivity index (χ4n) is 3.54. The van der Waals surface area contributed by atoms with Crippen molar-refractivity contribution in [2.24, 2.45) is 0 Å². The third-order valence-corrected chi connectivity index (χ3v) is 6.97. The molecular formula is C25H22N2O6S. The van der Waals surface area contributed by atoms with Crippen molar-refractivity contribution in [3.05, 3.63) is 78.4 Å². The maximum absolute atomic E-state index is 13.6. The first-order valence-electron chi connectivity index (χ1n) is 10.6. The number of methoxy groups -OCH3 is 1. The zero-order valence-corrected chi connectivity index (χ0v) is 19.2. The number of anilines is 1. The smallest absolute Gasteiger partial charge is 0.234 e. The first-order chi connectivity index (χ1) is 16.5. The van der Waals surface area contributed by atoms with Crippen molar-refractivity contribution in [2.45, 2.75) is 16.5 Å². The van der Waals surface area contributed by atoms with Gasteiger partial charge in [0.2, 0.25) is 26.6 Å². The number of hydrogen-bond acceptors (Lipinski definition) is 8. The minimum Gasteiger partial charge on any atom is -0.497 e. The second-order valence-electron chi connectivity index (χ2n) is 7.53. The van der Waals surface area contributed by atoms with Crippen LogP contribution >= 0.6 is 0 Å². The lowest BCUT2D eigenvalue weighted by molar-refractivity contribution is 0.171. The van der Waals surface area contributed by atoms with Gasteiger partial charge in [-0.1, -0.05) is 30.3 Å². The molecule has 4 aromatic rings. The summed E-state index contributed by atoms with van der Waals surface area (Å²) < 4.78 is 49.4. The molecule has 34 heavy (non-hydrogen) atoms. The van der Waals surface area contributed by atoms with Crippen LogP contribution in [0.3, 0.4) is 0 Å². The number of fused-ring (bicyclic) bond motifs is 1. The zero-order chi connectivity index (χ0) is 23.5. The van der Waals surface area contributed by atoms with Crippen LogP contribution in [0.15, 0.2) is 87.1 Å². The molecule has 0 atom stereocenters. The van der Waals surface area contributed by atoms with E-state index in [-0.39, 0.29) is 21.7 Å². The lowest BCUT2D eigenvalue weighted by atomic mass is 10.2. The lowest BCUT2D eigenvalue weighted by Gasteiger charge is -2.18. The van der Waals surface area contributed by atoms with Gasteiger partial charge in [0.15, 0.2) is 11.5 Å². The van der Waals surface area contributed by atoms with Crippen molar-refractivity contribution in [1.29, 1.82) is 0 Å². The highest BCUT2D eigenvalue weighted by molar-refractivity contribution is 7.91. The number of ether oxygens (including phenoxy) is 3. The molecule has 174 valence electrons. The number of benzene rings is 3. The zero-order valence-electron chi connectivity index (χ0n) is 18.4. The average Bonchev–Trinajstić information content (AvgIpc) is 3.33. The Kier molecular flexibility index (Phi) is 5.85. The molecule has 0 spiro atoms. The molecule has 0 saturated carbocycles. The standard InChI is InChI=1S/C25H22N2O6S/c1-30-19-9-7-18(8-10-19)23-27-25(24(33-23)26-16-17-5-3-2-4-6-17)34(28,29)20-11-12-21-22(15-20)32-14-13-31-21/h2-12,15,26H,13-14,16H2,1H3. The molecule has 0 unspecified atom stereocenters. The van der Waals surface area contributed by atoms with Gasteiger partial charge in [-0.05, 0) is 42.0 Å². The van der Waals surface area contributed by atoms with Crippen molar-refractivity contribution in [3.8, 4) is 28.7 Å². The van der Waals surface area contributed by atoms with E-state index in [4.69, 9.17) is 18.6 Å². The van der Waals surface area contributed by atoms with Crippen LogP contribution < -0.4 is 19.5 Å². The van der Waals surface area contributed by atoms with Crippen LogP contribution in [0.5, 0.6) is 17.2 Å². The third-order valence-electron chi connectivity index (χ3n) is 5.31. The monoisotopic (exact) mass is 478 g/mol. The number of sulfone groups is 1. The van der Waals surface area contributed by atoms with E-state index in [0.717, 1.165) is 5.56 Å². The maximum atomic E-state index is 13.6. The summed E-state index contributed by atoms with van der Waals surface area (Å²) in [5, 5.41) is 2.89. The summed E-state index contributed by atoms with van der Waals surface area (Å²) in [4.78, 5) is 4.41. The molecule has 0 amide bonds. The van der Waals surface area contributed by atoms with E-state index >= 15 is 0 Å². The van der Waals surface area contributed by atoms with E-state index in [1.165, 1.54) is 12.1 Å². The predicted molar refractivity (Wildman–Crippen MR) is 125 cm³/mol. The first-order valence-corrected chi connectivity index (χ1v) is 12.1. The molecule has 0 aliphatic carbocycles. The SMILES string of the molecule is COc1ccc(-c2nc(S(=O)(=O)c3ccc4c(c3)OCCO4)c(NCc3ccccc3)o2)cc1. The van der Waals surface area contributed by atoms with Gasteiger partial charge in [-0.3, -0.25) is 0 Å². The Hall–Kier alpha value is -3.98. The molecule has 0 bridgehead atoms. The van der Waals surface area contributed by atoms with Crippen molar-refractivity contribution >= 4 is 15.7 Å². The summed E-state index contributed by atoms with van der Waals surface area (Å²) in [6.07, 6.45) is 0. The van der Waals surface area contributed by atoms with Gasteiger partial charge in [0.1, 0.15) is 19.0 Å². The lowest BCUT2D eigenvalue weighted by Crippen LogP contribution is -2.16. The predicted octanol–water partition coefficient (Wildman–Crippen LogP) is 4.57. The summed E-state index contributed by atoms with van der Waals surface area (Å²) in [7, 11) is -2.46. The molecule has 0 fully saturated rings. The number of aromatic nitrogens is 1. The van der Waals surface area contributed by atoms with Crippen molar-refractivity contribution in [1.82, 2.24) is 4.98 Å². The molecule has 3 aromatic carbocycles. The van der Waals surface area contributed by atoms with Gasteiger partial charge in [0.25, 0.3) is 0 Å². The largest absolute Gasteiger partial charge is 0.497 e. The van der Waals surface area contributed by atoms with Crippen LogP contribution in [0, 0.1) is 0 Å². The Labute approximate surface area is 197 Å². The van der Waals surface area contributed by atoms with Crippen molar-refractivity contribution in [2.75, 3.05) is 25.6 Å². The Balaban J connectivity index is 1.55. The van der Waals surface area contributed by atoms with Crippen molar-refractivity contribution in [3.63, 3.8) is 0 Å². The van der Waals surface area contributed by atoms with E-state index in [1.807, 2.05) is 30.3 Å². The van der Waals surface area contributed by atoms with Gasteiger partial charge >= 0.3 is 0 Å². The highest BCUT2D eigenvalue weighted by Gasteiger charge is 2.30. The minimum atomic E-state index is -4.04. The molecule has 9 heteroatoms. The highest BCUT2D eigenvalue weighted by Crippen LogP contribution is 2.37.